The largest absolute Gasteiger partial charge is 0.394 e. The number of hydrogen-bond donors (Lipinski definition) is 3. The first-order valence-electron chi connectivity index (χ1n) is 4.97. The highest BCUT2D eigenvalue weighted by molar-refractivity contribution is 6.30. The van der Waals surface area contributed by atoms with Crippen molar-refractivity contribution in [1.29, 1.82) is 0 Å². The molecule has 2 amide bonds. The molecule has 0 spiro atoms. The molecule has 0 bridgehead atoms. The van der Waals surface area contributed by atoms with Gasteiger partial charge in [-0.1, -0.05) is 11.6 Å². The molecule has 0 saturated carbocycles. The number of aliphatic hydroxyl groups excluding tert-OH is 1. The fraction of sp³-hybridized carbons (Fsp3) is 0.364. The Kier molecular flexibility index (Phi) is 4.58. The maximum Gasteiger partial charge on any atom is 0.319 e. The van der Waals surface area contributed by atoms with Gasteiger partial charge in [0.15, 0.2) is 0 Å². The second kappa shape index (κ2) is 5.72. The number of benzene rings is 1. The summed E-state index contributed by atoms with van der Waals surface area (Å²) in [5, 5.41) is 14.7. The van der Waals surface area contributed by atoms with Gasteiger partial charge in [-0.15, -0.1) is 0 Å². The van der Waals surface area contributed by atoms with Crippen LogP contribution in [0.1, 0.15) is 12.5 Å². The maximum absolute atomic E-state index is 11.5. The van der Waals surface area contributed by atoms with Crippen molar-refractivity contribution >= 4 is 23.3 Å². The minimum atomic E-state index is -0.341. The number of halogens is 1. The van der Waals surface area contributed by atoms with Crippen molar-refractivity contribution in [3.63, 3.8) is 0 Å². The molecule has 0 fully saturated rings. The van der Waals surface area contributed by atoms with Gasteiger partial charge in [-0.2, -0.15) is 0 Å². The monoisotopic (exact) mass is 242 g/mol. The molecule has 0 heterocycles. The Balaban J connectivity index is 2.63. The number of rotatable bonds is 3. The smallest absolute Gasteiger partial charge is 0.319 e. The first kappa shape index (κ1) is 12.8. The SMILES string of the molecule is Cc1cc(Cl)ccc1NC(=O)NC(C)CO. The molecule has 1 rings (SSSR count). The quantitative estimate of drug-likeness (QED) is 0.761. The first-order chi connectivity index (χ1) is 7.52. The minimum Gasteiger partial charge on any atom is -0.394 e. The van der Waals surface area contributed by atoms with E-state index in [1.54, 1.807) is 25.1 Å². The van der Waals surface area contributed by atoms with Crippen LogP contribution in [0.15, 0.2) is 18.2 Å². The molecule has 88 valence electrons. The summed E-state index contributed by atoms with van der Waals surface area (Å²) in [6.45, 7) is 3.48. The van der Waals surface area contributed by atoms with Gasteiger partial charge >= 0.3 is 6.03 Å². The lowest BCUT2D eigenvalue weighted by atomic mass is 10.2. The van der Waals surface area contributed by atoms with Gasteiger partial charge in [0.05, 0.1) is 12.6 Å². The van der Waals surface area contributed by atoms with Crippen LogP contribution in [-0.2, 0) is 0 Å². The van der Waals surface area contributed by atoms with Crippen LogP contribution in [0.5, 0.6) is 0 Å². The number of carbonyl (C=O) groups excluding carboxylic acids is 1. The van der Waals surface area contributed by atoms with E-state index < -0.39 is 0 Å². The van der Waals surface area contributed by atoms with E-state index in [1.165, 1.54) is 0 Å². The van der Waals surface area contributed by atoms with Gasteiger partial charge in [-0.3, -0.25) is 0 Å². The van der Waals surface area contributed by atoms with Crippen molar-refractivity contribution in [3.8, 4) is 0 Å². The summed E-state index contributed by atoms with van der Waals surface area (Å²) in [5.41, 5.74) is 1.59. The number of aliphatic hydroxyl groups is 1. The number of anilines is 1. The van der Waals surface area contributed by atoms with Gasteiger partial charge < -0.3 is 15.7 Å². The highest BCUT2D eigenvalue weighted by atomic mass is 35.5. The molecule has 4 nitrogen and oxygen atoms in total. The summed E-state index contributed by atoms with van der Waals surface area (Å²) in [4.78, 5) is 11.5. The number of carbonyl (C=O) groups is 1. The minimum absolute atomic E-state index is 0.0903. The van der Waals surface area contributed by atoms with Crippen molar-refractivity contribution in [1.82, 2.24) is 5.32 Å². The van der Waals surface area contributed by atoms with E-state index in [4.69, 9.17) is 16.7 Å². The molecule has 0 saturated heterocycles. The lowest BCUT2D eigenvalue weighted by molar-refractivity contribution is 0.229. The summed E-state index contributed by atoms with van der Waals surface area (Å²) in [7, 11) is 0. The van der Waals surface area contributed by atoms with Crippen molar-refractivity contribution in [3.05, 3.63) is 28.8 Å². The van der Waals surface area contributed by atoms with E-state index in [1.807, 2.05) is 6.92 Å². The van der Waals surface area contributed by atoms with E-state index in [9.17, 15) is 4.79 Å². The third kappa shape index (κ3) is 3.72. The zero-order valence-corrected chi connectivity index (χ0v) is 10.0. The van der Waals surface area contributed by atoms with Gasteiger partial charge in [0.2, 0.25) is 0 Å². The molecule has 1 unspecified atom stereocenters. The van der Waals surface area contributed by atoms with Crippen molar-refractivity contribution in [2.75, 3.05) is 11.9 Å². The van der Waals surface area contributed by atoms with Crippen LogP contribution in [-0.4, -0.2) is 23.8 Å². The Bertz CT molecular complexity index is 382. The number of hydrogen-bond acceptors (Lipinski definition) is 2. The van der Waals surface area contributed by atoms with Gasteiger partial charge in [-0.05, 0) is 37.6 Å². The van der Waals surface area contributed by atoms with E-state index in [-0.39, 0.29) is 18.7 Å². The predicted molar refractivity (Wildman–Crippen MR) is 64.9 cm³/mol. The van der Waals surface area contributed by atoms with E-state index >= 15 is 0 Å². The van der Waals surface area contributed by atoms with Gasteiger partial charge in [0.25, 0.3) is 0 Å². The third-order valence-corrected chi connectivity index (χ3v) is 2.32. The maximum atomic E-state index is 11.5. The van der Waals surface area contributed by atoms with Gasteiger partial charge in [0.1, 0.15) is 0 Å². The Morgan fingerprint density at radius 2 is 2.25 bits per heavy atom. The Hall–Kier alpha value is -1.26. The normalized spacial score (nSPS) is 12.0. The lowest BCUT2D eigenvalue weighted by Gasteiger charge is -2.13. The average Bonchev–Trinajstić information content (AvgIpc) is 2.22. The zero-order chi connectivity index (χ0) is 12.1. The summed E-state index contributed by atoms with van der Waals surface area (Å²) >= 11 is 5.80. The van der Waals surface area contributed by atoms with Gasteiger partial charge in [0, 0.05) is 10.7 Å². The predicted octanol–water partition coefficient (Wildman–Crippen LogP) is 2.15. The van der Waals surface area contributed by atoms with Gasteiger partial charge in [-0.25, -0.2) is 4.79 Å². The second-order valence-electron chi connectivity index (χ2n) is 3.64. The van der Waals surface area contributed by atoms with Crippen LogP contribution in [0.25, 0.3) is 0 Å². The van der Waals surface area contributed by atoms with E-state index in [0.29, 0.717) is 10.7 Å². The van der Waals surface area contributed by atoms with Crippen molar-refractivity contribution in [2.45, 2.75) is 19.9 Å². The van der Waals surface area contributed by atoms with Crippen LogP contribution in [0.2, 0.25) is 5.02 Å². The molecule has 0 aliphatic heterocycles. The third-order valence-electron chi connectivity index (χ3n) is 2.09. The van der Waals surface area contributed by atoms with Crippen LogP contribution >= 0.6 is 11.6 Å². The topological polar surface area (TPSA) is 61.4 Å². The molecule has 5 heteroatoms. The van der Waals surface area contributed by atoms with Crippen molar-refractivity contribution in [2.24, 2.45) is 0 Å². The molecule has 0 radical (unpaired) electrons. The Morgan fingerprint density at radius 1 is 1.56 bits per heavy atom. The molecule has 0 aromatic heterocycles. The average molecular weight is 243 g/mol. The molecule has 1 atom stereocenters. The molecule has 0 aliphatic carbocycles. The Labute approximate surface area is 99.6 Å². The fourth-order valence-corrected chi connectivity index (χ4v) is 1.42. The standard InChI is InChI=1S/C11H15ClN2O2/c1-7-5-9(12)3-4-10(7)14-11(16)13-8(2)6-15/h3-5,8,15H,6H2,1-2H3,(H2,13,14,16). The molecule has 16 heavy (non-hydrogen) atoms. The summed E-state index contributed by atoms with van der Waals surface area (Å²) in [6.07, 6.45) is 0. The number of aryl methyl sites for hydroxylation is 1. The van der Waals surface area contributed by atoms with Crippen LogP contribution in [0.4, 0.5) is 10.5 Å². The summed E-state index contributed by atoms with van der Waals surface area (Å²) < 4.78 is 0. The van der Waals surface area contributed by atoms with Crippen molar-refractivity contribution < 1.29 is 9.90 Å². The van der Waals surface area contributed by atoms with Crippen LogP contribution in [0.3, 0.4) is 0 Å². The Morgan fingerprint density at radius 3 is 2.81 bits per heavy atom. The van der Waals surface area contributed by atoms with Crippen LogP contribution < -0.4 is 10.6 Å². The number of amides is 2. The molecule has 1 aromatic carbocycles. The van der Waals surface area contributed by atoms with E-state index in [0.717, 1.165) is 5.56 Å². The number of urea groups is 1. The molecular formula is C11H15ClN2O2. The zero-order valence-electron chi connectivity index (χ0n) is 9.25. The second-order valence-corrected chi connectivity index (χ2v) is 4.08. The van der Waals surface area contributed by atoms with Crippen LogP contribution in [0, 0.1) is 6.92 Å². The van der Waals surface area contributed by atoms with E-state index in [2.05, 4.69) is 10.6 Å². The number of nitrogens with one attached hydrogen (secondary N) is 2. The molecule has 1 aromatic rings. The fourth-order valence-electron chi connectivity index (χ4n) is 1.20. The molecule has 0 aliphatic rings. The summed E-state index contributed by atoms with van der Waals surface area (Å²) in [6, 6.07) is 4.60. The lowest BCUT2D eigenvalue weighted by Crippen LogP contribution is -2.38. The highest BCUT2D eigenvalue weighted by Gasteiger charge is 2.07. The molecule has 3 N–H and O–H groups in total. The first-order valence-corrected chi connectivity index (χ1v) is 5.35. The summed E-state index contributed by atoms with van der Waals surface area (Å²) in [5.74, 6) is 0. The molecular weight excluding hydrogens is 228 g/mol. The highest BCUT2D eigenvalue weighted by Crippen LogP contribution is 2.19.